The lowest BCUT2D eigenvalue weighted by molar-refractivity contribution is 0.0758. The molecule has 0 radical (unpaired) electrons. The van der Waals surface area contributed by atoms with Crippen LogP contribution in [0, 0.1) is 18.3 Å². The van der Waals surface area contributed by atoms with Crippen LogP contribution in [0.2, 0.25) is 0 Å². The smallest absolute Gasteiger partial charge is 0.253 e. The highest BCUT2D eigenvalue weighted by molar-refractivity contribution is 5.94. The summed E-state index contributed by atoms with van der Waals surface area (Å²) in [5.74, 6) is 2.39. The Labute approximate surface area is 167 Å². The Hall–Kier alpha value is -2.17. The fourth-order valence-electron chi connectivity index (χ4n) is 5.46. The van der Waals surface area contributed by atoms with E-state index in [4.69, 9.17) is 0 Å². The van der Waals surface area contributed by atoms with Crippen molar-refractivity contribution in [1.29, 1.82) is 0 Å². The predicted octanol–water partition coefficient (Wildman–Crippen LogP) is 4.19. The molecule has 148 valence electrons. The molecule has 1 aliphatic heterocycles. The van der Waals surface area contributed by atoms with Gasteiger partial charge in [-0.15, -0.1) is 10.2 Å². The number of carbonyl (C=O) groups excluding carboxylic acids is 1. The highest BCUT2D eigenvalue weighted by Crippen LogP contribution is 2.52. The summed E-state index contributed by atoms with van der Waals surface area (Å²) >= 11 is 0. The van der Waals surface area contributed by atoms with Gasteiger partial charge in [-0.05, 0) is 56.1 Å². The number of rotatable bonds is 4. The van der Waals surface area contributed by atoms with E-state index in [-0.39, 0.29) is 11.3 Å². The summed E-state index contributed by atoms with van der Waals surface area (Å²) < 4.78 is 2.29. The van der Waals surface area contributed by atoms with Crippen molar-refractivity contribution in [1.82, 2.24) is 19.7 Å². The largest absolute Gasteiger partial charge is 0.337 e. The Balaban J connectivity index is 1.45. The quantitative estimate of drug-likeness (QED) is 0.802. The lowest BCUT2D eigenvalue weighted by atomic mass is 9.67. The van der Waals surface area contributed by atoms with Crippen LogP contribution in [0.25, 0.3) is 0 Å². The average molecular weight is 379 g/mol. The molecular weight excluding hydrogens is 348 g/mol. The van der Waals surface area contributed by atoms with E-state index in [0.717, 1.165) is 42.5 Å². The minimum Gasteiger partial charge on any atom is -0.337 e. The Morgan fingerprint density at radius 2 is 2.04 bits per heavy atom. The molecule has 3 aliphatic rings. The van der Waals surface area contributed by atoms with Crippen molar-refractivity contribution in [3.8, 4) is 0 Å². The zero-order chi connectivity index (χ0) is 19.1. The molecule has 5 nitrogen and oxygen atoms in total. The van der Waals surface area contributed by atoms with E-state index in [2.05, 4.69) is 19.7 Å². The third kappa shape index (κ3) is 3.25. The van der Waals surface area contributed by atoms with E-state index in [1.54, 1.807) is 0 Å². The first-order valence-corrected chi connectivity index (χ1v) is 10.9. The van der Waals surface area contributed by atoms with Gasteiger partial charge in [0, 0.05) is 31.1 Å². The molecule has 3 fully saturated rings. The number of hydrogen-bond donors (Lipinski definition) is 0. The van der Waals surface area contributed by atoms with Crippen molar-refractivity contribution in [2.75, 3.05) is 13.1 Å². The molecule has 2 aliphatic carbocycles. The van der Waals surface area contributed by atoms with Crippen LogP contribution in [-0.4, -0.2) is 38.7 Å². The number of likely N-dealkylation sites (tertiary alicyclic amines) is 1. The maximum Gasteiger partial charge on any atom is 0.253 e. The first-order valence-electron chi connectivity index (χ1n) is 10.9. The standard InChI is InChI=1S/C23H30N4O/c1-17-6-5-7-19(12-17)22(28)26-14-20(23(15-26)10-3-2-4-11-23)21-25-24-16-27(21)13-18-8-9-18/h5-7,12,16,18,20H,2-4,8-11,13-15H2,1H3. The number of amides is 1. The molecular formula is C23H30N4O. The zero-order valence-corrected chi connectivity index (χ0v) is 16.8. The SMILES string of the molecule is Cc1cccc(C(=O)N2CC(c3nncn3CC3CC3)C3(CCCCC3)C2)c1. The molecule has 1 amide bonds. The molecule has 5 heteroatoms. The second kappa shape index (κ2) is 7.02. The van der Waals surface area contributed by atoms with Gasteiger partial charge >= 0.3 is 0 Å². The Kier molecular flexibility index (Phi) is 4.48. The summed E-state index contributed by atoms with van der Waals surface area (Å²) in [6.45, 7) is 4.73. The van der Waals surface area contributed by atoms with Crippen molar-refractivity contribution >= 4 is 5.91 Å². The average Bonchev–Trinajstić information content (AvgIpc) is 3.29. The lowest BCUT2D eigenvalue weighted by Crippen LogP contribution is -2.34. The first-order chi connectivity index (χ1) is 13.6. The molecule has 1 atom stereocenters. The number of hydrogen-bond acceptors (Lipinski definition) is 3. The van der Waals surface area contributed by atoms with Gasteiger partial charge in [-0.3, -0.25) is 4.79 Å². The van der Waals surface area contributed by atoms with Crippen LogP contribution in [0.15, 0.2) is 30.6 Å². The first kappa shape index (κ1) is 17.9. The molecule has 0 bridgehead atoms. The molecule has 2 saturated carbocycles. The molecule has 1 saturated heterocycles. The summed E-state index contributed by atoms with van der Waals surface area (Å²) in [6.07, 6.45) is 10.8. The molecule has 2 aromatic rings. The molecule has 2 heterocycles. The highest BCUT2D eigenvalue weighted by Gasteiger charge is 2.50. The molecule has 1 aromatic heterocycles. The monoisotopic (exact) mass is 378 g/mol. The van der Waals surface area contributed by atoms with Gasteiger partial charge in [0.15, 0.2) is 0 Å². The summed E-state index contributed by atoms with van der Waals surface area (Å²) in [6, 6.07) is 8.00. The lowest BCUT2D eigenvalue weighted by Gasteiger charge is -2.37. The topological polar surface area (TPSA) is 51.0 Å². The van der Waals surface area contributed by atoms with Crippen LogP contribution >= 0.6 is 0 Å². The highest BCUT2D eigenvalue weighted by atomic mass is 16.2. The van der Waals surface area contributed by atoms with E-state index in [0.29, 0.717) is 5.92 Å². The molecule has 1 unspecified atom stereocenters. The van der Waals surface area contributed by atoms with E-state index in [1.165, 1.54) is 44.9 Å². The van der Waals surface area contributed by atoms with Gasteiger partial charge in [-0.25, -0.2) is 0 Å². The van der Waals surface area contributed by atoms with E-state index in [1.807, 2.05) is 37.5 Å². The number of nitrogens with zero attached hydrogens (tertiary/aromatic N) is 4. The number of aryl methyl sites for hydroxylation is 1. The number of benzene rings is 1. The van der Waals surface area contributed by atoms with Gasteiger partial charge in [-0.2, -0.15) is 0 Å². The normalized spacial score (nSPS) is 24.0. The van der Waals surface area contributed by atoms with Crippen LogP contribution < -0.4 is 0 Å². The van der Waals surface area contributed by atoms with Crippen LogP contribution in [0.5, 0.6) is 0 Å². The third-order valence-electron chi connectivity index (χ3n) is 7.16. The van der Waals surface area contributed by atoms with Gasteiger partial charge in [0.05, 0.1) is 0 Å². The summed E-state index contributed by atoms with van der Waals surface area (Å²) in [4.78, 5) is 15.4. The third-order valence-corrected chi connectivity index (χ3v) is 7.16. The van der Waals surface area contributed by atoms with Gasteiger partial charge in [0.2, 0.25) is 0 Å². The van der Waals surface area contributed by atoms with Crippen molar-refractivity contribution in [3.05, 3.63) is 47.5 Å². The molecule has 5 rings (SSSR count). The minimum atomic E-state index is 0.171. The molecule has 1 aromatic carbocycles. The fraction of sp³-hybridized carbons (Fsp3) is 0.609. The summed E-state index contributed by atoms with van der Waals surface area (Å²) in [5, 5.41) is 8.86. The van der Waals surface area contributed by atoms with E-state index in [9.17, 15) is 4.79 Å². The number of carbonyl (C=O) groups is 1. The second-order valence-corrected chi connectivity index (χ2v) is 9.32. The Morgan fingerprint density at radius 1 is 1.21 bits per heavy atom. The predicted molar refractivity (Wildman–Crippen MR) is 108 cm³/mol. The van der Waals surface area contributed by atoms with Crippen molar-refractivity contribution in [3.63, 3.8) is 0 Å². The summed E-state index contributed by atoms with van der Waals surface area (Å²) in [5.41, 5.74) is 2.12. The molecule has 1 spiro atoms. The van der Waals surface area contributed by atoms with E-state index >= 15 is 0 Å². The van der Waals surface area contributed by atoms with E-state index < -0.39 is 0 Å². The zero-order valence-electron chi connectivity index (χ0n) is 16.8. The van der Waals surface area contributed by atoms with Crippen LogP contribution in [0.4, 0.5) is 0 Å². The van der Waals surface area contributed by atoms with Crippen LogP contribution in [0.1, 0.15) is 72.6 Å². The van der Waals surface area contributed by atoms with Crippen molar-refractivity contribution in [2.24, 2.45) is 11.3 Å². The van der Waals surface area contributed by atoms with Gasteiger partial charge in [0.1, 0.15) is 12.2 Å². The van der Waals surface area contributed by atoms with Crippen molar-refractivity contribution in [2.45, 2.75) is 64.3 Å². The van der Waals surface area contributed by atoms with Gasteiger partial charge in [0.25, 0.3) is 5.91 Å². The maximum atomic E-state index is 13.3. The van der Waals surface area contributed by atoms with Gasteiger partial charge < -0.3 is 9.47 Å². The van der Waals surface area contributed by atoms with Crippen LogP contribution in [0.3, 0.4) is 0 Å². The second-order valence-electron chi connectivity index (χ2n) is 9.32. The summed E-state index contributed by atoms with van der Waals surface area (Å²) in [7, 11) is 0. The number of aromatic nitrogens is 3. The molecule has 28 heavy (non-hydrogen) atoms. The van der Waals surface area contributed by atoms with Crippen molar-refractivity contribution < 1.29 is 4.79 Å². The maximum absolute atomic E-state index is 13.3. The fourth-order valence-corrected chi connectivity index (χ4v) is 5.46. The van der Waals surface area contributed by atoms with Crippen LogP contribution in [-0.2, 0) is 6.54 Å². The molecule has 0 N–H and O–H groups in total. The Bertz CT molecular complexity index is 863. The minimum absolute atomic E-state index is 0.171. The van der Waals surface area contributed by atoms with Gasteiger partial charge in [-0.1, -0.05) is 37.0 Å². The Morgan fingerprint density at radius 3 is 2.79 bits per heavy atom.